The van der Waals surface area contributed by atoms with E-state index in [1.165, 1.54) is 6.07 Å². The molecule has 1 heterocycles. The Morgan fingerprint density at radius 2 is 1.12 bits per heavy atom. The Hall–Kier alpha value is -2.20. The van der Waals surface area contributed by atoms with Crippen molar-refractivity contribution >= 4 is 0 Å². The van der Waals surface area contributed by atoms with Crippen molar-refractivity contribution < 1.29 is 38.6 Å². The van der Waals surface area contributed by atoms with Crippen LogP contribution in [0.25, 0.3) is 11.1 Å². The average Bonchev–Trinajstić information content (AvgIpc) is 2.81. The smallest absolute Gasteiger partial charge is 0.124 e. The van der Waals surface area contributed by atoms with E-state index in [1.54, 1.807) is 6.07 Å². The molecule has 1 aliphatic heterocycles. The van der Waals surface area contributed by atoms with Gasteiger partial charge in [-0.3, -0.25) is 0 Å². The van der Waals surface area contributed by atoms with Gasteiger partial charge in [-0.1, -0.05) is 30.3 Å². The third-order valence-corrected chi connectivity index (χ3v) is 4.88. The molecule has 2 aromatic carbocycles. The molecule has 0 bridgehead atoms. The third kappa shape index (κ3) is 8.05. The molecule has 2 aromatic rings. The van der Waals surface area contributed by atoms with Gasteiger partial charge in [0.2, 0.25) is 0 Å². The van der Waals surface area contributed by atoms with E-state index >= 15 is 0 Å². The van der Waals surface area contributed by atoms with Crippen LogP contribution in [0, 0.1) is 0 Å². The fourth-order valence-electron chi connectivity index (χ4n) is 3.25. The second-order valence-corrected chi connectivity index (χ2v) is 7.18. The lowest BCUT2D eigenvalue weighted by molar-refractivity contribution is -0.0621. The summed E-state index contributed by atoms with van der Waals surface area (Å²) in [6, 6.07) is 12.5. The third-order valence-electron chi connectivity index (χ3n) is 4.88. The normalized spacial score (nSPS) is 20.8. The molecule has 2 N–H and O–H groups in total. The molecule has 0 radical (unpaired) electrons. The Kier molecular flexibility index (Phi) is 10.7. The predicted octanol–water partition coefficient (Wildman–Crippen LogP) is 2.92. The number of phenols is 2. The lowest BCUT2D eigenvalue weighted by Crippen LogP contribution is -2.19. The molecule has 1 aliphatic rings. The van der Waals surface area contributed by atoms with Gasteiger partial charge in [-0.05, 0) is 17.7 Å². The molecule has 8 heteroatoms. The van der Waals surface area contributed by atoms with E-state index in [4.69, 9.17) is 28.4 Å². The highest BCUT2D eigenvalue weighted by molar-refractivity contribution is 5.72. The number of rotatable bonds is 2. The first-order valence-electron chi connectivity index (χ1n) is 10.9. The minimum absolute atomic E-state index is 0.0279. The van der Waals surface area contributed by atoms with Crippen molar-refractivity contribution in [1.82, 2.24) is 0 Å². The quantitative estimate of drug-likeness (QED) is 0.677. The number of benzene rings is 2. The molecule has 1 atom stereocenters. The zero-order chi connectivity index (χ0) is 22.4. The van der Waals surface area contributed by atoms with Gasteiger partial charge in [-0.2, -0.15) is 0 Å². The van der Waals surface area contributed by atoms with Crippen LogP contribution >= 0.6 is 0 Å². The van der Waals surface area contributed by atoms with E-state index < -0.39 is 6.10 Å². The van der Waals surface area contributed by atoms with Crippen LogP contribution in [0.3, 0.4) is 0 Å². The first-order chi connectivity index (χ1) is 15.8. The van der Waals surface area contributed by atoms with Gasteiger partial charge < -0.3 is 38.6 Å². The summed E-state index contributed by atoms with van der Waals surface area (Å²) in [4.78, 5) is 0. The van der Waals surface area contributed by atoms with Crippen molar-refractivity contribution in [3.8, 4) is 22.6 Å². The Morgan fingerprint density at radius 1 is 0.594 bits per heavy atom. The standard InChI is InChI=1S/C24H32O8/c25-22-17-21(23(26)16-20(22)19-4-2-1-3-5-19)24-18-31-13-12-29-9-8-27-6-7-28-10-11-30-14-15-32-24/h1-5,16-17,24-26H,6-15,18H2. The lowest BCUT2D eigenvalue weighted by atomic mass is 9.99. The minimum atomic E-state index is -0.576. The summed E-state index contributed by atoms with van der Waals surface area (Å²) >= 11 is 0. The van der Waals surface area contributed by atoms with Crippen molar-refractivity contribution in [2.24, 2.45) is 0 Å². The molecule has 0 aliphatic carbocycles. The lowest BCUT2D eigenvalue weighted by Gasteiger charge is -2.21. The Bertz CT molecular complexity index is 765. The van der Waals surface area contributed by atoms with Crippen LogP contribution in [0.5, 0.6) is 11.5 Å². The monoisotopic (exact) mass is 448 g/mol. The summed E-state index contributed by atoms with van der Waals surface area (Å²) in [6.07, 6.45) is -0.576. The molecule has 176 valence electrons. The fraction of sp³-hybridized carbons (Fsp3) is 0.500. The molecule has 0 amide bonds. The molecule has 0 aromatic heterocycles. The predicted molar refractivity (Wildman–Crippen MR) is 118 cm³/mol. The van der Waals surface area contributed by atoms with Crippen molar-refractivity contribution in [3.05, 3.63) is 48.0 Å². The second kappa shape index (κ2) is 14.1. The first-order valence-corrected chi connectivity index (χ1v) is 10.9. The topological polar surface area (TPSA) is 95.8 Å². The molecule has 1 unspecified atom stereocenters. The van der Waals surface area contributed by atoms with Crippen molar-refractivity contribution in [2.75, 3.05) is 72.7 Å². The summed E-state index contributed by atoms with van der Waals surface area (Å²) in [7, 11) is 0. The number of aromatic hydroxyl groups is 2. The Morgan fingerprint density at radius 3 is 1.72 bits per heavy atom. The van der Waals surface area contributed by atoms with Crippen LogP contribution < -0.4 is 0 Å². The number of hydrogen-bond acceptors (Lipinski definition) is 8. The SMILES string of the molecule is Oc1cc(C2COCCOCCOCCOCCOCCO2)c(O)cc1-c1ccccc1. The van der Waals surface area contributed by atoms with Gasteiger partial charge in [-0.25, -0.2) is 0 Å². The van der Waals surface area contributed by atoms with Crippen molar-refractivity contribution in [2.45, 2.75) is 6.10 Å². The largest absolute Gasteiger partial charge is 0.508 e. The molecular formula is C24H32O8. The van der Waals surface area contributed by atoms with Crippen LogP contribution in [0.2, 0.25) is 0 Å². The van der Waals surface area contributed by atoms with Gasteiger partial charge in [0.05, 0.1) is 72.7 Å². The zero-order valence-electron chi connectivity index (χ0n) is 18.2. The van der Waals surface area contributed by atoms with Crippen molar-refractivity contribution in [1.29, 1.82) is 0 Å². The van der Waals surface area contributed by atoms with E-state index in [-0.39, 0.29) is 18.1 Å². The van der Waals surface area contributed by atoms with Crippen LogP contribution in [0.4, 0.5) is 0 Å². The summed E-state index contributed by atoms with van der Waals surface area (Å²) in [5.74, 6) is 0.0869. The van der Waals surface area contributed by atoms with E-state index in [9.17, 15) is 10.2 Å². The molecule has 0 saturated carbocycles. The minimum Gasteiger partial charge on any atom is -0.508 e. The molecule has 1 fully saturated rings. The fourth-order valence-corrected chi connectivity index (χ4v) is 3.25. The molecular weight excluding hydrogens is 416 g/mol. The molecule has 3 rings (SSSR count). The van der Waals surface area contributed by atoms with Gasteiger partial charge in [-0.15, -0.1) is 0 Å². The Labute approximate surface area is 188 Å². The van der Waals surface area contributed by atoms with E-state index in [1.807, 2.05) is 30.3 Å². The summed E-state index contributed by atoms with van der Waals surface area (Å²) in [5, 5.41) is 21.3. The molecule has 1 saturated heterocycles. The number of ether oxygens (including phenoxy) is 6. The van der Waals surface area contributed by atoms with Gasteiger partial charge >= 0.3 is 0 Å². The van der Waals surface area contributed by atoms with E-state index in [0.717, 1.165) is 5.56 Å². The van der Waals surface area contributed by atoms with Gasteiger partial charge in [0.15, 0.2) is 0 Å². The Balaban J connectivity index is 1.66. The summed E-state index contributed by atoms with van der Waals surface area (Å²) in [6.45, 7) is 4.57. The van der Waals surface area contributed by atoms with Crippen LogP contribution in [-0.2, 0) is 28.4 Å². The average molecular weight is 449 g/mol. The highest BCUT2D eigenvalue weighted by atomic mass is 16.6. The van der Waals surface area contributed by atoms with Gasteiger partial charge in [0.25, 0.3) is 0 Å². The highest BCUT2D eigenvalue weighted by Gasteiger charge is 2.20. The molecule has 32 heavy (non-hydrogen) atoms. The van der Waals surface area contributed by atoms with Gasteiger partial charge in [0.1, 0.15) is 17.6 Å². The van der Waals surface area contributed by atoms with Crippen molar-refractivity contribution in [3.63, 3.8) is 0 Å². The molecule has 8 nitrogen and oxygen atoms in total. The van der Waals surface area contributed by atoms with E-state index in [0.29, 0.717) is 77.2 Å². The summed E-state index contributed by atoms with van der Waals surface area (Å²) in [5.41, 5.74) is 1.81. The van der Waals surface area contributed by atoms with Crippen LogP contribution in [-0.4, -0.2) is 82.9 Å². The zero-order valence-corrected chi connectivity index (χ0v) is 18.2. The molecule has 0 spiro atoms. The van der Waals surface area contributed by atoms with E-state index in [2.05, 4.69) is 0 Å². The first kappa shape index (κ1) is 24.4. The highest BCUT2D eigenvalue weighted by Crippen LogP contribution is 2.38. The summed E-state index contributed by atoms with van der Waals surface area (Å²) < 4.78 is 33.5. The van der Waals surface area contributed by atoms with Gasteiger partial charge in [0, 0.05) is 11.1 Å². The maximum atomic E-state index is 10.7. The maximum absolute atomic E-state index is 10.7. The second-order valence-electron chi connectivity index (χ2n) is 7.18. The number of hydrogen-bond donors (Lipinski definition) is 2. The maximum Gasteiger partial charge on any atom is 0.124 e. The number of phenolic OH excluding ortho intramolecular Hbond substituents is 2. The van der Waals surface area contributed by atoms with Crippen LogP contribution in [0.15, 0.2) is 42.5 Å². The van der Waals surface area contributed by atoms with Crippen LogP contribution in [0.1, 0.15) is 11.7 Å².